The average molecular weight is 482 g/mol. The maximum absolute atomic E-state index is 12.5. The minimum Gasteiger partial charge on any atom is -0.425 e. The monoisotopic (exact) mass is 481 g/mol. The summed E-state index contributed by atoms with van der Waals surface area (Å²) in [6, 6.07) is 15.2. The van der Waals surface area contributed by atoms with Crippen molar-refractivity contribution in [3.05, 3.63) is 65.3 Å². The molecule has 11 heteroatoms. The van der Waals surface area contributed by atoms with Crippen LogP contribution in [0, 0.1) is 0 Å². The molecule has 0 unspecified atom stereocenters. The fourth-order valence-electron chi connectivity index (χ4n) is 3.98. The molecule has 9 nitrogen and oxygen atoms in total. The number of aromatic nitrogens is 3. The molecule has 33 heavy (non-hydrogen) atoms. The first-order chi connectivity index (χ1) is 16.0. The molecule has 1 saturated heterocycles. The topological polar surface area (TPSA) is 118 Å². The highest BCUT2D eigenvalue weighted by atomic mass is 32.2. The summed E-state index contributed by atoms with van der Waals surface area (Å²) in [5.74, 6) is 0.133. The van der Waals surface area contributed by atoms with Gasteiger partial charge < -0.3 is 4.42 Å². The summed E-state index contributed by atoms with van der Waals surface area (Å²) in [6.45, 7) is 0. The third-order valence-electron chi connectivity index (χ3n) is 5.67. The molecule has 0 radical (unpaired) electrons. The van der Waals surface area contributed by atoms with Gasteiger partial charge in [-0.25, -0.2) is 9.29 Å². The fourth-order valence-corrected chi connectivity index (χ4v) is 6.60. The van der Waals surface area contributed by atoms with Gasteiger partial charge >= 0.3 is 10.2 Å². The lowest BCUT2D eigenvalue weighted by molar-refractivity contribution is -0.127. The summed E-state index contributed by atoms with van der Waals surface area (Å²) in [4.78, 5) is 17.2. The lowest BCUT2D eigenvalue weighted by Crippen LogP contribution is -2.34. The van der Waals surface area contributed by atoms with Crippen LogP contribution in [0.2, 0.25) is 0 Å². The van der Waals surface area contributed by atoms with Gasteiger partial charge in [-0.2, -0.15) is 13.1 Å². The third kappa shape index (κ3) is 3.92. The molecule has 0 spiro atoms. The lowest BCUT2D eigenvalue weighted by Gasteiger charge is -2.11. The standard InChI is InChI=1S/C22H19N5O4S2/c28-22-17(26-33(29,30)27(22)15-7-8-15)11-19-24-25-20(31-19)12-21-23-16-9-6-14(10-18(16)32-21)13-4-2-1-3-5-13/h1-6,9-10,15,17,26H,7-8,11-12H2/t17-/m0/s1. The van der Waals surface area contributed by atoms with Crippen molar-refractivity contribution in [1.29, 1.82) is 0 Å². The third-order valence-corrected chi connectivity index (χ3v) is 8.27. The summed E-state index contributed by atoms with van der Waals surface area (Å²) < 4.78 is 34.6. The van der Waals surface area contributed by atoms with Crippen LogP contribution in [0.3, 0.4) is 0 Å². The van der Waals surface area contributed by atoms with E-state index in [2.05, 4.69) is 44.2 Å². The molecule has 168 valence electrons. The molecule has 0 bridgehead atoms. The number of nitrogens with zero attached hydrogens (tertiary/aromatic N) is 4. The molecule has 2 aromatic carbocycles. The van der Waals surface area contributed by atoms with Crippen molar-refractivity contribution < 1.29 is 17.6 Å². The predicted molar refractivity (Wildman–Crippen MR) is 122 cm³/mol. The van der Waals surface area contributed by atoms with Gasteiger partial charge in [0.25, 0.3) is 5.91 Å². The molecule has 2 aliphatic rings. The maximum atomic E-state index is 12.5. The van der Waals surface area contributed by atoms with Crippen LogP contribution >= 0.6 is 11.3 Å². The minimum absolute atomic E-state index is 0.0224. The molecule has 1 aliphatic carbocycles. The van der Waals surface area contributed by atoms with E-state index in [4.69, 9.17) is 4.42 Å². The van der Waals surface area contributed by atoms with Crippen LogP contribution in [-0.2, 0) is 27.8 Å². The Morgan fingerprint density at radius 3 is 2.64 bits per heavy atom. The molecular formula is C22H19N5O4S2. The van der Waals surface area contributed by atoms with Gasteiger partial charge in [0.2, 0.25) is 11.8 Å². The molecule has 1 amide bonds. The number of carbonyl (C=O) groups excluding carboxylic acids is 1. The van der Waals surface area contributed by atoms with Crippen molar-refractivity contribution in [3.63, 3.8) is 0 Å². The van der Waals surface area contributed by atoms with Gasteiger partial charge in [-0.15, -0.1) is 21.5 Å². The molecule has 6 rings (SSSR count). The van der Waals surface area contributed by atoms with E-state index in [1.165, 1.54) is 0 Å². The van der Waals surface area contributed by atoms with E-state index in [9.17, 15) is 13.2 Å². The molecule has 2 aromatic heterocycles. The van der Waals surface area contributed by atoms with E-state index in [1.54, 1.807) is 11.3 Å². The normalized spacial score (nSPS) is 20.1. The van der Waals surface area contributed by atoms with Crippen molar-refractivity contribution in [2.75, 3.05) is 0 Å². The molecule has 1 atom stereocenters. The van der Waals surface area contributed by atoms with Crippen LogP contribution in [0.4, 0.5) is 0 Å². The van der Waals surface area contributed by atoms with E-state index >= 15 is 0 Å². The van der Waals surface area contributed by atoms with E-state index in [1.807, 2.05) is 24.3 Å². The van der Waals surface area contributed by atoms with Gasteiger partial charge in [0.1, 0.15) is 11.0 Å². The maximum Gasteiger partial charge on any atom is 0.304 e. The van der Waals surface area contributed by atoms with Crippen LogP contribution in [0.1, 0.15) is 29.6 Å². The van der Waals surface area contributed by atoms with Crippen molar-refractivity contribution in [2.45, 2.75) is 37.8 Å². The Morgan fingerprint density at radius 1 is 1.06 bits per heavy atom. The van der Waals surface area contributed by atoms with Gasteiger partial charge in [0.15, 0.2) is 0 Å². The van der Waals surface area contributed by atoms with Crippen LogP contribution in [0.15, 0.2) is 52.9 Å². The smallest absolute Gasteiger partial charge is 0.304 e. The fraction of sp³-hybridized carbons (Fsp3) is 0.273. The second-order valence-corrected chi connectivity index (χ2v) is 10.9. The number of fused-ring (bicyclic) bond motifs is 1. The summed E-state index contributed by atoms with van der Waals surface area (Å²) in [6.07, 6.45) is 1.80. The highest BCUT2D eigenvalue weighted by Crippen LogP contribution is 2.33. The number of rotatable bonds is 6. The van der Waals surface area contributed by atoms with Crippen LogP contribution in [0.5, 0.6) is 0 Å². The van der Waals surface area contributed by atoms with Crippen molar-refractivity contribution >= 4 is 37.7 Å². The van der Waals surface area contributed by atoms with Gasteiger partial charge in [0, 0.05) is 6.04 Å². The number of hydrogen-bond donors (Lipinski definition) is 1. The molecule has 1 aliphatic heterocycles. The second-order valence-electron chi connectivity index (χ2n) is 8.17. The summed E-state index contributed by atoms with van der Waals surface area (Å²) >= 11 is 1.56. The zero-order valence-corrected chi connectivity index (χ0v) is 19.0. The Labute approximate surface area is 193 Å². The Morgan fingerprint density at radius 2 is 1.85 bits per heavy atom. The average Bonchev–Trinajstić information content (AvgIpc) is 3.30. The van der Waals surface area contributed by atoms with Gasteiger partial charge in [0.05, 0.1) is 23.1 Å². The largest absolute Gasteiger partial charge is 0.425 e. The Balaban J connectivity index is 1.17. The molecular weight excluding hydrogens is 462 g/mol. The first-order valence-electron chi connectivity index (χ1n) is 10.6. The summed E-state index contributed by atoms with van der Waals surface area (Å²) in [5, 5.41) is 8.91. The number of benzene rings is 2. The number of carbonyl (C=O) groups is 1. The predicted octanol–water partition coefficient (Wildman–Crippen LogP) is 2.69. The first kappa shape index (κ1) is 20.5. The number of thiazole rings is 1. The Bertz CT molecular complexity index is 1460. The van der Waals surface area contributed by atoms with Crippen LogP contribution in [0.25, 0.3) is 21.3 Å². The van der Waals surface area contributed by atoms with E-state index in [0.29, 0.717) is 25.2 Å². The SMILES string of the molecule is O=C1[C@H](Cc2nnc(Cc3nc4ccc(-c5ccccc5)cc4s3)o2)NS(=O)(=O)N1C1CC1. The zero-order chi connectivity index (χ0) is 22.6. The number of amides is 1. The van der Waals surface area contributed by atoms with E-state index in [-0.39, 0.29) is 18.4 Å². The number of nitrogens with one attached hydrogen (secondary N) is 1. The quantitative estimate of drug-likeness (QED) is 0.450. The molecule has 1 N–H and O–H groups in total. The molecule has 3 heterocycles. The van der Waals surface area contributed by atoms with Crippen molar-refractivity contribution in [2.24, 2.45) is 0 Å². The first-order valence-corrected chi connectivity index (χ1v) is 12.8. The van der Waals surface area contributed by atoms with E-state index in [0.717, 1.165) is 30.7 Å². The Hall–Kier alpha value is -3.15. The van der Waals surface area contributed by atoms with Gasteiger partial charge in [-0.1, -0.05) is 36.4 Å². The highest BCUT2D eigenvalue weighted by molar-refractivity contribution is 7.88. The van der Waals surface area contributed by atoms with Crippen LogP contribution in [-0.4, -0.2) is 45.9 Å². The summed E-state index contributed by atoms with van der Waals surface area (Å²) in [7, 11) is -3.79. The summed E-state index contributed by atoms with van der Waals surface area (Å²) in [5.41, 5.74) is 3.18. The highest BCUT2D eigenvalue weighted by Gasteiger charge is 2.50. The molecule has 1 saturated carbocycles. The zero-order valence-electron chi connectivity index (χ0n) is 17.3. The molecule has 2 fully saturated rings. The van der Waals surface area contributed by atoms with Crippen molar-refractivity contribution in [3.8, 4) is 11.1 Å². The molecule has 4 aromatic rings. The number of hydrogen-bond acceptors (Lipinski definition) is 8. The van der Waals surface area contributed by atoms with E-state index < -0.39 is 22.2 Å². The van der Waals surface area contributed by atoms with Gasteiger partial charge in [-0.3, -0.25) is 4.79 Å². The minimum atomic E-state index is -3.79. The lowest BCUT2D eigenvalue weighted by atomic mass is 10.1. The Kier molecular flexibility index (Phi) is 4.78. The van der Waals surface area contributed by atoms with Crippen LogP contribution < -0.4 is 4.72 Å². The second kappa shape index (κ2) is 7.72. The van der Waals surface area contributed by atoms with Crippen molar-refractivity contribution in [1.82, 2.24) is 24.2 Å². The van der Waals surface area contributed by atoms with Gasteiger partial charge in [-0.05, 0) is 36.1 Å².